The molecule has 0 spiro atoms. The van der Waals surface area contributed by atoms with Crippen molar-refractivity contribution in [2.75, 3.05) is 7.11 Å². The zero-order valence-electron chi connectivity index (χ0n) is 11.1. The van der Waals surface area contributed by atoms with Crippen LogP contribution in [-0.2, 0) is 22.2 Å². The van der Waals surface area contributed by atoms with Crippen molar-refractivity contribution in [3.8, 4) is 5.75 Å². The van der Waals surface area contributed by atoms with Gasteiger partial charge in [0.15, 0.2) is 9.84 Å². The highest BCUT2D eigenvalue weighted by Crippen LogP contribution is 2.26. The van der Waals surface area contributed by atoms with E-state index in [0.717, 1.165) is 5.56 Å². The third-order valence-corrected chi connectivity index (χ3v) is 4.69. The highest BCUT2D eigenvalue weighted by atomic mass is 32.2. The summed E-state index contributed by atoms with van der Waals surface area (Å²) in [7, 11) is -2.01. The number of hydrogen-bond acceptors (Lipinski definition) is 4. The fourth-order valence-corrected chi connectivity index (χ4v) is 3.44. The Morgan fingerprint density at radius 3 is 2.20 bits per heavy atom. The maximum atomic E-state index is 12.4. The van der Waals surface area contributed by atoms with Crippen LogP contribution >= 0.6 is 0 Å². The van der Waals surface area contributed by atoms with Gasteiger partial charge in [-0.3, -0.25) is 0 Å². The van der Waals surface area contributed by atoms with Crippen molar-refractivity contribution < 1.29 is 18.3 Å². The first-order valence-electron chi connectivity index (χ1n) is 6.11. The van der Waals surface area contributed by atoms with Crippen molar-refractivity contribution in [1.82, 2.24) is 0 Å². The lowest BCUT2D eigenvalue weighted by molar-refractivity contribution is 0.282. The normalized spacial score (nSPS) is 11.3. The molecular weight excluding hydrogens is 276 g/mol. The minimum atomic E-state index is -3.46. The molecule has 0 aliphatic rings. The first-order chi connectivity index (χ1) is 9.56. The molecule has 4 nitrogen and oxygen atoms in total. The SMILES string of the molecule is COc1ccccc1S(=O)(=O)Cc1ccc(CO)cc1. The summed E-state index contributed by atoms with van der Waals surface area (Å²) in [6.45, 7) is -0.0560. The lowest BCUT2D eigenvalue weighted by Gasteiger charge is -2.09. The topological polar surface area (TPSA) is 63.6 Å². The zero-order valence-corrected chi connectivity index (χ0v) is 11.9. The van der Waals surface area contributed by atoms with Crippen LogP contribution in [-0.4, -0.2) is 20.6 Å². The molecule has 0 radical (unpaired) electrons. The van der Waals surface area contributed by atoms with Gasteiger partial charge in [-0.15, -0.1) is 0 Å². The second-order valence-corrected chi connectivity index (χ2v) is 6.34. The molecule has 0 bridgehead atoms. The Kier molecular flexibility index (Phi) is 4.42. The van der Waals surface area contributed by atoms with Gasteiger partial charge in [0.2, 0.25) is 0 Å². The van der Waals surface area contributed by atoms with E-state index in [1.54, 1.807) is 42.5 Å². The summed E-state index contributed by atoms with van der Waals surface area (Å²) in [6.07, 6.45) is 0. The molecule has 0 aliphatic carbocycles. The van der Waals surface area contributed by atoms with Crippen molar-refractivity contribution in [2.45, 2.75) is 17.3 Å². The molecule has 20 heavy (non-hydrogen) atoms. The molecule has 2 rings (SSSR count). The van der Waals surface area contributed by atoms with E-state index < -0.39 is 9.84 Å². The second kappa shape index (κ2) is 6.07. The number of ether oxygens (including phenoxy) is 1. The van der Waals surface area contributed by atoms with Crippen LogP contribution in [0.15, 0.2) is 53.4 Å². The Morgan fingerprint density at radius 2 is 1.60 bits per heavy atom. The van der Waals surface area contributed by atoms with E-state index >= 15 is 0 Å². The maximum Gasteiger partial charge on any atom is 0.186 e. The average Bonchev–Trinajstić information content (AvgIpc) is 2.47. The van der Waals surface area contributed by atoms with Crippen molar-refractivity contribution in [1.29, 1.82) is 0 Å². The molecule has 5 heteroatoms. The van der Waals surface area contributed by atoms with Gasteiger partial charge in [-0.2, -0.15) is 0 Å². The number of sulfone groups is 1. The van der Waals surface area contributed by atoms with E-state index in [-0.39, 0.29) is 17.3 Å². The Balaban J connectivity index is 2.30. The van der Waals surface area contributed by atoms with Crippen LogP contribution in [0.5, 0.6) is 5.75 Å². The van der Waals surface area contributed by atoms with Crippen molar-refractivity contribution >= 4 is 9.84 Å². The molecule has 0 unspecified atom stereocenters. The van der Waals surface area contributed by atoms with E-state index in [4.69, 9.17) is 9.84 Å². The van der Waals surface area contributed by atoms with Gasteiger partial charge in [-0.1, -0.05) is 36.4 Å². The van der Waals surface area contributed by atoms with Crippen LogP contribution in [0.2, 0.25) is 0 Å². The number of benzene rings is 2. The van der Waals surface area contributed by atoms with Gasteiger partial charge in [0.25, 0.3) is 0 Å². The number of hydrogen-bond donors (Lipinski definition) is 1. The number of methoxy groups -OCH3 is 1. The Labute approximate surface area is 118 Å². The highest BCUT2D eigenvalue weighted by Gasteiger charge is 2.19. The summed E-state index contributed by atoms with van der Waals surface area (Å²) in [4.78, 5) is 0.189. The maximum absolute atomic E-state index is 12.4. The van der Waals surface area contributed by atoms with Crippen molar-refractivity contribution in [3.05, 3.63) is 59.7 Å². The number of aliphatic hydroxyl groups excluding tert-OH is 1. The van der Waals surface area contributed by atoms with E-state index in [1.165, 1.54) is 13.2 Å². The monoisotopic (exact) mass is 292 g/mol. The third-order valence-electron chi connectivity index (χ3n) is 2.97. The van der Waals surface area contributed by atoms with Gasteiger partial charge in [0, 0.05) is 0 Å². The van der Waals surface area contributed by atoms with Crippen LogP contribution < -0.4 is 4.74 Å². The van der Waals surface area contributed by atoms with E-state index in [9.17, 15) is 8.42 Å². The molecule has 0 aromatic heterocycles. The third kappa shape index (κ3) is 3.18. The van der Waals surface area contributed by atoms with Crippen molar-refractivity contribution in [2.24, 2.45) is 0 Å². The molecule has 0 amide bonds. The van der Waals surface area contributed by atoms with E-state index in [1.807, 2.05) is 0 Å². The minimum absolute atomic E-state index is 0.0560. The fraction of sp³-hybridized carbons (Fsp3) is 0.200. The Morgan fingerprint density at radius 1 is 1.00 bits per heavy atom. The molecule has 0 saturated heterocycles. The number of aliphatic hydroxyl groups is 1. The van der Waals surface area contributed by atoms with Crippen molar-refractivity contribution in [3.63, 3.8) is 0 Å². The van der Waals surface area contributed by atoms with Gasteiger partial charge in [0.1, 0.15) is 10.6 Å². The van der Waals surface area contributed by atoms with Gasteiger partial charge < -0.3 is 9.84 Å². The van der Waals surface area contributed by atoms with Gasteiger partial charge >= 0.3 is 0 Å². The predicted molar refractivity (Wildman–Crippen MR) is 76.2 cm³/mol. The van der Waals surface area contributed by atoms with Crippen LogP contribution in [0.3, 0.4) is 0 Å². The van der Waals surface area contributed by atoms with Gasteiger partial charge in [0.05, 0.1) is 19.5 Å². The quantitative estimate of drug-likeness (QED) is 0.917. The fourth-order valence-electron chi connectivity index (χ4n) is 1.91. The second-order valence-electron chi connectivity index (χ2n) is 4.38. The summed E-state index contributed by atoms with van der Waals surface area (Å²) in [5.74, 6) is 0.249. The van der Waals surface area contributed by atoms with Crippen LogP contribution in [0, 0.1) is 0 Å². The van der Waals surface area contributed by atoms with Crippen LogP contribution in [0.1, 0.15) is 11.1 Å². The Hall–Kier alpha value is -1.85. The lowest BCUT2D eigenvalue weighted by Crippen LogP contribution is -2.06. The predicted octanol–water partition coefficient (Wildman–Crippen LogP) is 2.16. The molecule has 0 atom stereocenters. The molecule has 0 fully saturated rings. The smallest absolute Gasteiger partial charge is 0.186 e. The summed E-state index contributed by atoms with van der Waals surface area (Å²) in [5, 5.41) is 8.97. The molecule has 106 valence electrons. The van der Waals surface area contributed by atoms with E-state index in [2.05, 4.69) is 0 Å². The van der Waals surface area contributed by atoms with Gasteiger partial charge in [-0.25, -0.2) is 8.42 Å². The molecule has 1 N–H and O–H groups in total. The highest BCUT2D eigenvalue weighted by molar-refractivity contribution is 7.90. The largest absolute Gasteiger partial charge is 0.495 e. The standard InChI is InChI=1S/C15H16O4S/c1-19-14-4-2-3-5-15(14)20(17,18)11-13-8-6-12(10-16)7-9-13/h2-9,16H,10-11H2,1H3. The average molecular weight is 292 g/mol. The summed E-state index contributed by atoms with van der Waals surface area (Å²) in [6, 6.07) is 13.4. The zero-order chi connectivity index (χ0) is 14.6. The molecular formula is C15H16O4S. The summed E-state index contributed by atoms with van der Waals surface area (Å²) < 4.78 is 29.9. The van der Waals surface area contributed by atoms with E-state index in [0.29, 0.717) is 11.3 Å². The first kappa shape index (κ1) is 14.6. The molecule has 0 saturated carbocycles. The molecule has 0 heterocycles. The molecule has 0 aliphatic heterocycles. The van der Waals surface area contributed by atoms with Crippen LogP contribution in [0.4, 0.5) is 0 Å². The molecule has 2 aromatic carbocycles. The van der Waals surface area contributed by atoms with Crippen LogP contribution in [0.25, 0.3) is 0 Å². The Bertz CT molecular complexity index is 675. The molecule has 2 aromatic rings. The number of rotatable bonds is 5. The first-order valence-corrected chi connectivity index (χ1v) is 7.76. The minimum Gasteiger partial charge on any atom is -0.495 e. The summed E-state index contributed by atoms with van der Waals surface area (Å²) in [5.41, 5.74) is 1.43. The lowest BCUT2D eigenvalue weighted by atomic mass is 10.2. The van der Waals surface area contributed by atoms with Gasteiger partial charge in [-0.05, 0) is 23.3 Å². The summed E-state index contributed by atoms with van der Waals surface area (Å²) >= 11 is 0. The number of para-hydroxylation sites is 1.